The number of aliphatic hydroxyl groups excluding tert-OH is 1. The van der Waals surface area contributed by atoms with Crippen molar-refractivity contribution in [3.63, 3.8) is 0 Å². The standard InChI is InChI=1S/C14H26N2O/c1-14(2,3)8-12(17)10-16-13-7-5-4-6-11(13)9-15/h11-13,16-17H,4-8,10H2,1-3H3. The van der Waals surface area contributed by atoms with E-state index < -0.39 is 0 Å². The average molecular weight is 238 g/mol. The molecule has 2 N–H and O–H groups in total. The minimum absolute atomic E-state index is 0.130. The second kappa shape index (κ2) is 6.37. The van der Waals surface area contributed by atoms with Gasteiger partial charge in [-0.2, -0.15) is 5.26 Å². The summed E-state index contributed by atoms with van der Waals surface area (Å²) in [7, 11) is 0. The lowest BCUT2D eigenvalue weighted by Gasteiger charge is -2.30. The molecule has 0 aromatic rings. The predicted octanol–water partition coefficient (Wildman–Crippen LogP) is 2.46. The largest absolute Gasteiger partial charge is 0.392 e. The van der Waals surface area contributed by atoms with Crippen molar-refractivity contribution in [3.8, 4) is 6.07 Å². The molecule has 17 heavy (non-hydrogen) atoms. The summed E-state index contributed by atoms with van der Waals surface area (Å²) in [6.07, 6.45) is 4.93. The molecule has 98 valence electrons. The van der Waals surface area contributed by atoms with Crippen LogP contribution in [0.4, 0.5) is 0 Å². The molecule has 3 nitrogen and oxygen atoms in total. The lowest BCUT2D eigenvalue weighted by Crippen LogP contribution is -2.42. The molecule has 1 rings (SSSR count). The van der Waals surface area contributed by atoms with Crippen LogP contribution in [0.25, 0.3) is 0 Å². The molecule has 0 aliphatic heterocycles. The van der Waals surface area contributed by atoms with E-state index >= 15 is 0 Å². The zero-order valence-electron chi connectivity index (χ0n) is 11.4. The first kappa shape index (κ1) is 14.5. The van der Waals surface area contributed by atoms with E-state index in [0.717, 1.165) is 19.3 Å². The van der Waals surface area contributed by atoms with Crippen LogP contribution in [0.15, 0.2) is 0 Å². The highest BCUT2D eigenvalue weighted by Gasteiger charge is 2.25. The Morgan fingerprint density at radius 3 is 2.59 bits per heavy atom. The van der Waals surface area contributed by atoms with Gasteiger partial charge in [0.1, 0.15) is 0 Å². The summed E-state index contributed by atoms with van der Waals surface area (Å²) in [6.45, 7) is 7.01. The second-order valence-corrected chi connectivity index (χ2v) is 6.45. The number of hydrogen-bond donors (Lipinski definition) is 2. The molecule has 0 radical (unpaired) electrons. The third kappa shape index (κ3) is 5.52. The molecule has 1 aliphatic rings. The van der Waals surface area contributed by atoms with Crippen molar-refractivity contribution in [1.82, 2.24) is 5.32 Å². The molecule has 0 heterocycles. The van der Waals surface area contributed by atoms with E-state index in [2.05, 4.69) is 32.2 Å². The summed E-state index contributed by atoms with van der Waals surface area (Å²) in [5.74, 6) is 0.130. The van der Waals surface area contributed by atoms with Gasteiger partial charge < -0.3 is 10.4 Å². The summed E-state index contributed by atoms with van der Waals surface area (Å²) in [5, 5.41) is 22.4. The molecule has 3 atom stereocenters. The molecular formula is C14H26N2O. The van der Waals surface area contributed by atoms with E-state index in [4.69, 9.17) is 5.26 Å². The van der Waals surface area contributed by atoms with Crippen molar-refractivity contribution in [1.29, 1.82) is 5.26 Å². The van der Waals surface area contributed by atoms with Gasteiger partial charge in [-0.3, -0.25) is 0 Å². The normalized spacial score (nSPS) is 27.5. The van der Waals surface area contributed by atoms with Crippen molar-refractivity contribution in [2.24, 2.45) is 11.3 Å². The van der Waals surface area contributed by atoms with Crippen molar-refractivity contribution in [2.45, 2.75) is 65.0 Å². The van der Waals surface area contributed by atoms with Crippen LogP contribution in [-0.4, -0.2) is 23.8 Å². The molecule has 1 fully saturated rings. The summed E-state index contributed by atoms with van der Waals surface area (Å²) < 4.78 is 0. The van der Waals surface area contributed by atoms with Crippen LogP contribution in [0, 0.1) is 22.7 Å². The summed E-state index contributed by atoms with van der Waals surface area (Å²) in [4.78, 5) is 0. The van der Waals surface area contributed by atoms with Gasteiger partial charge in [-0.05, 0) is 24.7 Å². The van der Waals surface area contributed by atoms with E-state index in [9.17, 15) is 5.11 Å². The lowest BCUT2D eigenvalue weighted by molar-refractivity contribution is 0.112. The van der Waals surface area contributed by atoms with Crippen LogP contribution in [0.5, 0.6) is 0 Å². The van der Waals surface area contributed by atoms with Crippen molar-refractivity contribution in [2.75, 3.05) is 6.54 Å². The minimum Gasteiger partial charge on any atom is -0.392 e. The predicted molar refractivity (Wildman–Crippen MR) is 69.4 cm³/mol. The van der Waals surface area contributed by atoms with Gasteiger partial charge in [-0.25, -0.2) is 0 Å². The molecule has 0 bridgehead atoms. The van der Waals surface area contributed by atoms with E-state index in [0.29, 0.717) is 6.54 Å². The van der Waals surface area contributed by atoms with Crippen LogP contribution in [0.3, 0.4) is 0 Å². The summed E-state index contributed by atoms with van der Waals surface area (Å²) >= 11 is 0. The van der Waals surface area contributed by atoms with Gasteiger partial charge in [0, 0.05) is 12.6 Å². The van der Waals surface area contributed by atoms with Gasteiger partial charge in [0.05, 0.1) is 18.1 Å². The second-order valence-electron chi connectivity index (χ2n) is 6.45. The Kier molecular flexibility index (Phi) is 5.42. The first-order chi connectivity index (χ1) is 7.92. The average Bonchev–Trinajstić information content (AvgIpc) is 2.24. The van der Waals surface area contributed by atoms with Gasteiger partial charge in [0.2, 0.25) is 0 Å². The van der Waals surface area contributed by atoms with Crippen molar-refractivity contribution < 1.29 is 5.11 Å². The summed E-state index contributed by atoms with van der Waals surface area (Å²) in [5.41, 5.74) is 0.155. The van der Waals surface area contributed by atoms with Crippen LogP contribution in [0.2, 0.25) is 0 Å². The number of nitrogens with one attached hydrogen (secondary N) is 1. The van der Waals surface area contributed by atoms with Gasteiger partial charge in [-0.15, -0.1) is 0 Å². The fraction of sp³-hybridized carbons (Fsp3) is 0.929. The van der Waals surface area contributed by atoms with E-state index in [-0.39, 0.29) is 23.5 Å². The summed E-state index contributed by atoms with van der Waals surface area (Å²) in [6, 6.07) is 2.66. The Balaban J connectivity index is 2.31. The molecule has 1 saturated carbocycles. The van der Waals surface area contributed by atoms with Crippen LogP contribution in [-0.2, 0) is 0 Å². The number of rotatable bonds is 4. The van der Waals surface area contributed by atoms with E-state index in [1.807, 2.05) is 0 Å². The maximum atomic E-state index is 9.93. The third-order valence-electron chi connectivity index (χ3n) is 3.40. The molecule has 3 heteroatoms. The fourth-order valence-electron chi connectivity index (χ4n) is 2.60. The molecule has 0 spiro atoms. The van der Waals surface area contributed by atoms with E-state index in [1.165, 1.54) is 12.8 Å². The highest BCUT2D eigenvalue weighted by Crippen LogP contribution is 2.24. The first-order valence-electron chi connectivity index (χ1n) is 6.73. The minimum atomic E-state index is -0.309. The Labute approximate surface area is 105 Å². The number of nitriles is 1. The monoisotopic (exact) mass is 238 g/mol. The Bertz CT molecular complexity index is 264. The first-order valence-corrected chi connectivity index (χ1v) is 6.73. The third-order valence-corrected chi connectivity index (χ3v) is 3.40. The molecular weight excluding hydrogens is 212 g/mol. The fourth-order valence-corrected chi connectivity index (χ4v) is 2.60. The number of nitrogens with zero attached hydrogens (tertiary/aromatic N) is 1. The smallest absolute Gasteiger partial charge is 0.0672 e. The van der Waals surface area contributed by atoms with Crippen molar-refractivity contribution in [3.05, 3.63) is 0 Å². The Morgan fingerprint density at radius 2 is 2.00 bits per heavy atom. The molecule has 0 amide bonds. The van der Waals surface area contributed by atoms with Gasteiger partial charge in [0.15, 0.2) is 0 Å². The maximum absolute atomic E-state index is 9.93. The molecule has 3 unspecified atom stereocenters. The number of hydrogen-bond acceptors (Lipinski definition) is 3. The maximum Gasteiger partial charge on any atom is 0.0672 e. The molecule has 0 aromatic carbocycles. The highest BCUT2D eigenvalue weighted by atomic mass is 16.3. The number of aliphatic hydroxyl groups is 1. The lowest BCUT2D eigenvalue weighted by atomic mass is 9.85. The van der Waals surface area contributed by atoms with Crippen LogP contribution >= 0.6 is 0 Å². The van der Waals surface area contributed by atoms with Gasteiger partial charge >= 0.3 is 0 Å². The van der Waals surface area contributed by atoms with Crippen LogP contribution in [0.1, 0.15) is 52.9 Å². The Hall–Kier alpha value is -0.590. The van der Waals surface area contributed by atoms with Crippen molar-refractivity contribution >= 4 is 0 Å². The van der Waals surface area contributed by atoms with Gasteiger partial charge in [-0.1, -0.05) is 33.6 Å². The van der Waals surface area contributed by atoms with Crippen LogP contribution < -0.4 is 5.32 Å². The Morgan fingerprint density at radius 1 is 1.35 bits per heavy atom. The SMILES string of the molecule is CC(C)(C)CC(O)CNC1CCCCC1C#N. The van der Waals surface area contributed by atoms with Gasteiger partial charge in [0.25, 0.3) is 0 Å². The zero-order valence-corrected chi connectivity index (χ0v) is 11.4. The molecule has 0 saturated heterocycles. The molecule has 0 aromatic heterocycles. The quantitative estimate of drug-likeness (QED) is 0.791. The topological polar surface area (TPSA) is 56.0 Å². The molecule has 1 aliphatic carbocycles. The van der Waals surface area contributed by atoms with E-state index in [1.54, 1.807) is 0 Å². The zero-order chi connectivity index (χ0) is 12.9. The highest BCUT2D eigenvalue weighted by molar-refractivity contribution is 4.94.